The van der Waals surface area contributed by atoms with Gasteiger partial charge in [0, 0.05) is 6.92 Å². The van der Waals surface area contributed by atoms with Gasteiger partial charge in [-0.2, -0.15) is 13.2 Å². The van der Waals surface area contributed by atoms with Crippen LogP contribution in [-0.4, -0.2) is 31.4 Å². The number of hydrogen-bond donors (Lipinski definition) is 0. The molecule has 0 aromatic carbocycles. The maximum absolute atomic E-state index is 12.2. The average molecular weight is 285 g/mol. The van der Waals surface area contributed by atoms with Gasteiger partial charge in [-0.05, 0) is 19.9 Å². The molecule has 0 aromatic heterocycles. The fourth-order valence-electron chi connectivity index (χ4n) is 1.02. The number of allylic oxidation sites excluding steroid dienone is 4. The summed E-state index contributed by atoms with van der Waals surface area (Å²) >= 11 is 0. The Kier molecular flexibility index (Phi) is 5.59. The van der Waals surface area contributed by atoms with E-state index in [-0.39, 0.29) is 9.21 Å². The number of alkyl halides is 3. The van der Waals surface area contributed by atoms with Crippen LogP contribution in [0.1, 0.15) is 20.8 Å². The van der Waals surface area contributed by atoms with Gasteiger partial charge in [-0.25, -0.2) is 12.7 Å². The Morgan fingerprint density at radius 3 is 2.11 bits per heavy atom. The fourth-order valence-corrected chi connectivity index (χ4v) is 2.27. The summed E-state index contributed by atoms with van der Waals surface area (Å²) in [5, 5.41) is 0. The predicted molar refractivity (Wildman–Crippen MR) is 60.9 cm³/mol. The Morgan fingerprint density at radius 1 is 1.28 bits per heavy atom. The van der Waals surface area contributed by atoms with Gasteiger partial charge in [0.15, 0.2) is 0 Å². The lowest BCUT2D eigenvalue weighted by molar-refractivity contribution is -0.149. The predicted octanol–water partition coefficient (Wildman–Crippen LogP) is 2.21. The van der Waals surface area contributed by atoms with Gasteiger partial charge < -0.3 is 0 Å². The normalized spacial score (nSPS) is 14.0. The summed E-state index contributed by atoms with van der Waals surface area (Å²) in [5.41, 5.74) is 0. The van der Waals surface area contributed by atoms with Crippen molar-refractivity contribution in [3.63, 3.8) is 0 Å². The lowest BCUT2D eigenvalue weighted by atomic mass is 10.5. The number of sulfonamides is 1. The number of halogens is 3. The largest absolute Gasteiger partial charge is 0.407 e. The quantitative estimate of drug-likeness (QED) is 0.744. The summed E-state index contributed by atoms with van der Waals surface area (Å²) < 4.78 is 60.0. The molecule has 0 heterocycles. The summed E-state index contributed by atoms with van der Waals surface area (Å²) in [7, 11) is -4.43. The van der Waals surface area contributed by atoms with Gasteiger partial charge in [0.1, 0.15) is 6.54 Å². The number of nitrogens with zero attached hydrogens (tertiary/aromatic N) is 1. The Balaban J connectivity index is 5.44. The molecule has 0 fully saturated rings. The van der Waals surface area contributed by atoms with E-state index in [1.54, 1.807) is 6.92 Å². The minimum absolute atomic E-state index is 0.192. The summed E-state index contributed by atoms with van der Waals surface area (Å²) in [5.74, 6) is -1.18. The van der Waals surface area contributed by atoms with Crippen LogP contribution in [0.3, 0.4) is 0 Å². The summed E-state index contributed by atoms with van der Waals surface area (Å²) in [6, 6.07) is 0. The molecule has 0 aliphatic rings. The van der Waals surface area contributed by atoms with E-state index < -0.39 is 28.7 Å². The van der Waals surface area contributed by atoms with Crippen LogP contribution in [0.25, 0.3) is 0 Å². The first-order valence-electron chi connectivity index (χ1n) is 4.92. The SMILES string of the molecule is C/C=C\C=C(/C)S(=O)(=O)N(CC(F)(F)F)C(C)=O. The van der Waals surface area contributed by atoms with Crippen molar-refractivity contribution in [2.75, 3.05) is 6.54 Å². The maximum Gasteiger partial charge on any atom is 0.407 e. The molecule has 0 unspecified atom stereocenters. The first-order valence-corrected chi connectivity index (χ1v) is 6.36. The summed E-state index contributed by atoms with van der Waals surface area (Å²) in [4.78, 5) is 10.7. The van der Waals surface area contributed by atoms with Crippen LogP contribution in [0.4, 0.5) is 13.2 Å². The molecule has 4 nitrogen and oxygen atoms in total. The highest BCUT2D eigenvalue weighted by atomic mass is 32.2. The zero-order valence-electron chi connectivity index (χ0n) is 10.2. The standard InChI is InChI=1S/C10H14F3NO3S/c1-4-5-6-8(2)18(16,17)14(9(3)15)7-10(11,12)13/h4-6H,7H2,1-3H3/b5-4-,8-6+. The van der Waals surface area contributed by atoms with Crippen LogP contribution in [0.5, 0.6) is 0 Å². The van der Waals surface area contributed by atoms with Crippen LogP contribution in [0, 0.1) is 0 Å². The summed E-state index contributed by atoms with van der Waals surface area (Å²) in [6.45, 7) is 1.69. The van der Waals surface area contributed by atoms with Crippen LogP contribution in [0.15, 0.2) is 23.1 Å². The second-order valence-corrected chi connectivity index (χ2v) is 5.48. The molecule has 0 saturated heterocycles. The van der Waals surface area contributed by atoms with Crippen molar-refractivity contribution >= 4 is 15.9 Å². The van der Waals surface area contributed by atoms with Crippen molar-refractivity contribution in [2.45, 2.75) is 26.9 Å². The number of amides is 1. The van der Waals surface area contributed by atoms with Crippen molar-refractivity contribution < 1.29 is 26.4 Å². The number of carbonyl (C=O) groups is 1. The first-order chi connectivity index (χ1) is 8.02. The van der Waals surface area contributed by atoms with E-state index in [1.165, 1.54) is 12.2 Å². The third-order valence-corrected chi connectivity index (χ3v) is 3.81. The Hall–Kier alpha value is -1.31. The molecule has 0 aliphatic carbocycles. The minimum Gasteiger partial charge on any atom is -0.274 e. The molecule has 0 N–H and O–H groups in total. The second-order valence-electron chi connectivity index (χ2n) is 3.45. The molecular formula is C10H14F3NO3S. The van der Waals surface area contributed by atoms with E-state index in [0.717, 1.165) is 19.9 Å². The topological polar surface area (TPSA) is 54.5 Å². The van der Waals surface area contributed by atoms with Gasteiger partial charge in [-0.1, -0.05) is 12.2 Å². The van der Waals surface area contributed by atoms with Crippen molar-refractivity contribution in [3.05, 3.63) is 23.1 Å². The van der Waals surface area contributed by atoms with Crippen LogP contribution in [-0.2, 0) is 14.8 Å². The molecule has 0 atom stereocenters. The molecule has 8 heteroatoms. The lowest BCUT2D eigenvalue weighted by Gasteiger charge is -2.22. The van der Waals surface area contributed by atoms with E-state index >= 15 is 0 Å². The van der Waals surface area contributed by atoms with E-state index in [4.69, 9.17) is 0 Å². The molecule has 1 amide bonds. The smallest absolute Gasteiger partial charge is 0.274 e. The highest BCUT2D eigenvalue weighted by molar-refractivity contribution is 7.93. The lowest BCUT2D eigenvalue weighted by Crippen LogP contribution is -2.42. The number of carbonyl (C=O) groups excluding carboxylic acids is 1. The van der Waals surface area contributed by atoms with E-state index in [2.05, 4.69) is 0 Å². The summed E-state index contributed by atoms with van der Waals surface area (Å²) in [6.07, 6.45) is -0.777. The van der Waals surface area contributed by atoms with Crippen LogP contribution < -0.4 is 0 Å². The van der Waals surface area contributed by atoms with E-state index in [1.807, 2.05) is 0 Å². The molecule has 0 aliphatic heterocycles. The molecular weight excluding hydrogens is 271 g/mol. The van der Waals surface area contributed by atoms with Gasteiger partial charge in [0.2, 0.25) is 5.91 Å². The second kappa shape index (κ2) is 6.03. The Labute approximate surface area is 104 Å². The zero-order chi connectivity index (χ0) is 14.6. The van der Waals surface area contributed by atoms with Gasteiger partial charge in [0.25, 0.3) is 10.0 Å². The van der Waals surface area contributed by atoms with Gasteiger partial charge in [0.05, 0.1) is 4.91 Å². The first kappa shape index (κ1) is 16.7. The molecule has 104 valence electrons. The zero-order valence-corrected chi connectivity index (χ0v) is 11.0. The van der Waals surface area contributed by atoms with Crippen molar-refractivity contribution in [1.29, 1.82) is 0 Å². The third kappa shape index (κ3) is 4.91. The average Bonchev–Trinajstić information content (AvgIpc) is 2.20. The molecule has 0 rings (SSSR count). The molecule has 0 radical (unpaired) electrons. The van der Waals surface area contributed by atoms with Gasteiger partial charge in [-0.3, -0.25) is 4.79 Å². The Bertz CT molecular complexity index is 463. The monoisotopic (exact) mass is 285 g/mol. The van der Waals surface area contributed by atoms with Crippen molar-refractivity contribution in [2.24, 2.45) is 0 Å². The molecule has 0 spiro atoms. The van der Waals surface area contributed by atoms with Crippen molar-refractivity contribution in [3.8, 4) is 0 Å². The van der Waals surface area contributed by atoms with Crippen LogP contribution >= 0.6 is 0 Å². The van der Waals surface area contributed by atoms with Crippen molar-refractivity contribution in [1.82, 2.24) is 4.31 Å². The Morgan fingerprint density at radius 2 is 1.78 bits per heavy atom. The molecule has 18 heavy (non-hydrogen) atoms. The molecule has 0 bridgehead atoms. The maximum atomic E-state index is 12.2. The highest BCUT2D eigenvalue weighted by Gasteiger charge is 2.38. The number of hydrogen-bond acceptors (Lipinski definition) is 3. The third-order valence-electron chi connectivity index (χ3n) is 1.89. The molecule has 0 aromatic rings. The van der Waals surface area contributed by atoms with E-state index in [9.17, 15) is 26.4 Å². The van der Waals surface area contributed by atoms with E-state index in [0.29, 0.717) is 0 Å². The van der Waals surface area contributed by atoms with Gasteiger partial charge in [-0.15, -0.1) is 0 Å². The highest BCUT2D eigenvalue weighted by Crippen LogP contribution is 2.21. The van der Waals surface area contributed by atoms with Gasteiger partial charge >= 0.3 is 6.18 Å². The fraction of sp³-hybridized carbons (Fsp3) is 0.500. The number of rotatable bonds is 4. The minimum atomic E-state index is -4.78. The molecule has 0 saturated carbocycles. The van der Waals surface area contributed by atoms with Crippen LogP contribution in [0.2, 0.25) is 0 Å².